The molecule has 4 heteroatoms. The van der Waals surface area contributed by atoms with Crippen molar-refractivity contribution in [2.45, 2.75) is 20.4 Å². The molecule has 0 aliphatic rings. The maximum Gasteiger partial charge on any atom is 0.108 e. The molecule has 0 radical (unpaired) electrons. The molecule has 0 saturated heterocycles. The molecule has 2 rings (SSSR count). The average molecular weight is 266 g/mol. The molecule has 2 heterocycles. The van der Waals surface area contributed by atoms with Crippen LogP contribution in [0.3, 0.4) is 0 Å². The van der Waals surface area contributed by atoms with Gasteiger partial charge in [0, 0.05) is 24.5 Å². The molecule has 0 aliphatic heterocycles. The number of nitrogens with zero attached hydrogens (tertiary/aromatic N) is 3. The highest BCUT2D eigenvalue weighted by Crippen LogP contribution is 2.29. The summed E-state index contributed by atoms with van der Waals surface area (Å²) >= 11 is 3.57. The normalized spacial score (nSPS) is 10.6. The molecular formula is C11H12BrN3. The molecule has 2 aromatic rings. The minimum atomic E-state index is 0.880. The second-order valence-electron chi connectivity index (χ2n) is 3.31. The number of aromatic nitrogens is 3. The molecule has 78 valence electrons. The molecule has 0 fully saturated rings. The van der Waals surface area contributed by atoms with Crippen molar-refractivity contribution in [1.82, 2.24) is 14.8 Å². The lowest BCUT2D eigenvalue weighted by Crippen LogP contribution is -1.98. The fourth-order valence-electron chi connectivity index (χ4n) is 1.52. The van der Waals surface area contributed by atoms with Crippen molar-refractivity contribution < 1.29 is 0 Å². The number of rotatable bonds is 2. The average Bonchev–Trinajstić information content (AvgIpc) is 2.57. The first kappa shape index (κ1) is 10.4. The van der Waals surface area contributed by atoms with Gasteiger partial charge in [-0.2, -0.15) is 5.10 Å². The van der Waals surface area contributed by atoms with Gasteiger partial charge in [0.25, 0.3) is 0 Å². The van der Waals surface area contributed by atoms with Crippen LogP contribution in [0, 0.1) is 6.92 Å². The smallest absolute Gasteiger partial charge is 0.108 e. The van der Waals surface area contributed by atoms with Crippen LogP contribution in [0.5, 0.6) is 0 Å². The summed E-state index contributed by atoms with van der Waals surface area (Å²) in [6.07, 6.45) is 3.59. The Kier molecular flexibility index (Phi) is 2.86. The summed E-state index contributed by atoms with van der Waals surface area (Å²) in [7, 11) is 0. The Morgan fingerprint density at radius 2 is 2.27 bits per heavy atom. The van der Waals surface area contributed by atoms with Crippen molar-refractivity contribution in [3.8, 4) is 11.3 Å². The Morgan fingerprint density at radius 3 is 2.80 bits per heavy atom. The first-order valence-corrected chi connectivity index (χ1v) is 5.66. The monoisotopic (exact) mass is 265 g/mol. The van der Waals surface area contributed by atoms with Gasteiger partial charge < -0.3 is 0 Å². The highest BCUT2D eigenvalue weighted by Gasteiger charge is 2.12. The van der Waals surface area contributed by atoms with Crippen molar-refractivity contribution in [3.63, 3.8) is 0 Å². The van der Waals surface area contributed by atoms with E-state index in [0.717, 1.165) is 28.0 Å². The van der Waals surface area contributed by atoms with E-state index in [1.165, 1.54) is 0 Å². The fraction of sp³-hybridized carbons (Fsp3) is 0.273. The predicted molar refractivity (Wildman–Crippen MR) is 63.6 cm³/mol. The van der Waals surface area contributed by atoms with Gasteiger partial charge in [-0.25, -0.2) is 0 Å². The molecule has 0 N–H and O–H groups in total. The molecular weight excluding hydrogens is 254 g/mol. The lowest BCUT2D eigenvalue weighted by Gasteiger charge is -1.96. The van der Waals surface area contributed by atoms with E-state index in [1.807, 2.05) is 23.0 Å². The summed E-state index contributed by atoms with van der Waals surface area (Å²) in [5.74, 6) is 0. The lowest BCUT2D eigenvalue weighted by atomic mass is 10.2. The second-order valence-corrected chi connectivity index (χ2v) is 4.10. The molecule has 0 saturated carbocycles. The van der Waals surface area contributed by atoms with Crippen LogP contribution in [0.25, 0.3) is 11.3 Å². The minimum absolute atomic E-state index is 0.880. The van der Waals surface area contributed by atoms with Gasteiger partial charge in [-0.05, 0) is 41.9 Å². The number of aryl methyl sites for hydroxylation is 1. The van der Waals surface area contributed by atoms with Crippen molar-refractivity contribution in [2.24, 2.45) is 0 Å². The molecule has 3 nitrogen and oxygen atoms in total. The van der Waals surface area contributed by atoms with Crippen LogP contribution in [-0.4, -0.2) is 14.8 Å². The van der Waals surface area contributed by atoms with Crippen LogP contribution >= 0.6 is 15.9 Å². The number of pyridine rings is 1. The Bertz CT molecular complexity index is 462. The van der Waals surface area contributed by atoms with Gasteiger partial charge >= 0.3 is 0 Å². The zero-order valence-electron chi connectivity index (χ0n) is 8.74. The zero-order chi connectivity index (χ0) is 10.8. The Hall–Kier alpha value is -1.16. The third-order valence-electron chi connectivity index (χ3n) is 2.37. The van der Waals surface area contributed by atoms with Gasteiger partial charge in [-0.1, -0.05) is 0 Å². The molecule has 0 unspecified atom stereocenters. The van der Waals surface area contributed by atoms with E-state index >= 15 is 0 Å². The topological polar surface area (TPSA) is 30.7 Å². The molecule has 15 heavy (non-hydrogen) atoms. The Balaban J connectivity index is 2.55. The number of hydrogen-bond acceptors (Lipinski definition) is 2. The Labute approximate surface area is 97.3 Å². The van der Waals surface area contributed by atoms with Crippen molar-refractivity contribution in [2.75, 3.05) is 0 Å². The van der Waals surface area contributed by atoms with Gasteiger partial charge in [-0.3, -0.25) is 9.67 Å². The van der Waals surface area contributed by atoms with E-state index in [9.17, 15) is 0 Å². The largest absolute Gasteiger partial charge is 0.268 e. The molecule has 0 aliphatic carbocycles. The van der Waals surface area contributed by atoms with E-state index in [0.29, 0.717) is 0 Å². The highest BCUT2D eigenvalue weighted by molar-refractivity contribution is 9.10. The zero-order valence-corrected chi connectivity index (χ0v) is 10.3. The molecule has 0 bridgehead atoms. The molecule has 0 atom stereocenters. The summed E-state index contributed by atoms with van der Waals surface area (Å²) in [4.78, 5) is 4.10. The first-order valence-electron chi connectivity index (χ1n) is 4.87. The van der Waals surface area contributed by atoms with E-state index in [1.54, 1.807) is 6.20 Å². The minimum Gasteiger partial charge on any atom is -0.268 e. The predicted octanol–water partition coefficient (Wildman–Crippen LogP) is 3.04. The van der Waals surface area contributed by atoms with Gasteiger partial charge in [-0.15, -0.1) is 0 Å². The number of halogens is 1. The van der Waals surface area contributed by atoms with Gasteiger partial charge in [0.05, 0.1) is 10.2 Å². The van der Waals surface area contributed by atoms with E-state index in [-0.39, 0.29) is 0 Å². The maximum atomic E-state index is 4.53. The highest BCUT2D eigenvalue weighted by atomic mass is 79.9. The van der Waals surface area contributed by atoms with Crippen LogP contribution in [0.15, 0.2) is 29.0 Å². The summed E-state index contributed by atoms with van der Waals surface area (Å²) in [5, 5.41) is 4.53. The van der Waals surface area contributed by atoms with Crippen molar-refractivity contribution in [3.05, 3.63) is 34.7 Å². The van der Waals surface area contributed by atoms with Crippen LogP contribution < -0.4 is 0 Å². The molecule has 2 aromatic heterocycles. The summed E-state index contributed by atoms with van der Waals surface area (Å²) in [5.41, 5.74) is 3.15. The third kappa shape index (κ3) is 1.81. The van der Waals surface area contributed by atoms with Crippen LogP contribution in [0.1, 0.15) is 12.6 Å². The summed E-state index contributed by atoms with van der Waals surface area (Å²) in [6, 6.07) is 3.93. The SMILES string of the molecule is CCn1nc(-c2cccnc2)c(Br)c1C. The van der Waals surface area contributed by atoms with E-state index in [2.05, 4.69) is 39.9 Å². The van der Waals surface area contributed by atoms with Crippen molar-refractivity contribution >= 4 is 15.9 Å². The van der Waals surface area contributed by atoms with Crippen LogP contribution in [-0.2, 0) is 6.54 Å². The summed E-state index contributed by atoms with van der Waals surface area (Å²) < 4.78 is 3.03. The molecule has 0 aromatic carbocycles. The third-order valence-corrected chi connectivity index (χ3v) is 3.32. The molecule has 0 spiro atoms. The summed E-state index contributed by atoms with van der Waals surface area (Å²) in [6.45, 7) is 5.02. The van der Waals surface area contributed by atoms with Crippen molar-refractivity contribution in [1.29, 1.82) is 0 Å². The lowest BCUT2D eigenvalue weighted by molar-refractivity contribution is 0.641. The Morgan fingerprint density at radius 1 is 1.47 bits per heavy atom. The van der Waals surface area contributed by atoms with E-state index < -0.39 is 0 Å². The van der Waals surface area contributed by atoms with Gasteiger partial charge in [0.15, 0.2) is 0 Å². The quantitative estimate of drug-likeness (QED) is 0.836. The van der Waals surface area contributed by atoms with Crippen LogP contribution in [0.4, 0.5) is 0 Å². The van der Waals surface area contributed by atoms with Gasteiger partial charge in [0.1, 0.15) is 5.69 Å². The number of hydrogen-bond donors (Lipinski definition) is 0. The van der Waals surface area contributed by atoms with Crippen LogP contribution in [0.2, 0.25) is 0 Å². The first-order chi connectivity index (χ1) is 7.24. The molecule has 0 amide bonds. The standard InChI is InChI=1S/C11H12BrN3/c1-3-15-8(2)10(12)11(14-15)9-5-4-6-13-7-9/h4-7H,3H2,1-2H3. The second kappa shape index (κ2) is 4.14. The fourth-order valence-corrected chi connectivity index (χ4v) is 2.03. The van der Waals surface area contributed by atoms with E-state index in [4.69, 9.17) is 0 Å². The maximum absolute atomic E-state index is 4.53. The van der Waals surface area contributed by atoms with Gasteiger partial charge in [0.2, 0.25) is 0 Å².